The Kier molecular flexibility index (Phi) is 12.4. The maximum absolute atomic E-state index is 13.3. The minimum Gasteiger partial charge on any atom is -0.480 e. The van der Waals surface area contributed by atoms with Crippen molar-refractivity contribution in [2.45, 2.75) is 70.6 Å². The molecule has 0 aliphatic heterocycles. The topological polar surface area (TPSA) is 75.6 Å². The number of nitrogens with one attached hydrogen (secondary N) is 1. The summed E-state index contributed by atoms with van der Waals surface area (Å²) in [5.41, 5.74) is 4.33. The van der Waals surface area contributed by atoms with E-state index in [4.69, 9.17) is 4.74 Å². The van der Waals surface area contributed by atoms with E-state index in [1.807, 2.05) is 67.4 Å². The van der Waals surface area contributed by atoms with Gasteiger partial charge in [0.25, 0.3) is 5.91 Å². The summed E-state index contributed by atoms with van der Waals surface area (Å²) in [5, 5.41) is 12.4. The highest BCUT2D eigenvalue weighted by Crippen LogP contribution is 2.31. The number of rotatable bonds is 14. The van der Waals surface area contributed by atoms with Crippen molar-refractivity contribution >= 4 is 35.4 Å². The summed E-state index contributed by atoms with van der Waals surface area (Å²) in [6.07, 6.45) is 12.4. The van der Waals surface area contributed by atoms with E-state index in [0.717, 1.165) is 40.3 Å². The molecule has 1 saturated carbocycles. The molecule has 0 heterocycles. The molecule has 0 unspecified atom stereocenters. The van der Waals surface area contributed by atoms with Gasteiger partial charge in [-0.25, -0.2) is 4.79 Å². The molecule has 1 amide bonds. The maximum Gasteiger partial charge on any atom is 0.326 e. The number of benzene rings is 2. The predicted octanol–water partition coefficient (Wildman–Crippen LogP) is 6.82. The van der Waals surface area contributed by atoms with Crippen molar-refractivity contribution in [2.24, 2.45) is 5.92 Å². The lowest BCUT2D eigenvalue weighted by molar-refractivity contribution is -0.139. The van der Waals surface area contributed by atoms with Gasteiger partial charge in [-0.3, -0.25) is 4.79 Å². The van der Waals surface area contributed by atoms with E-state index in [1.54, 1.807) is 11.8 Å². The summed E-state index contributed by atoms with van der Waals surface area (Å²) in [4.78, 5) is 25.0. The van der Waals surface area contributed by atoms with Crippen LogP contribution < -0.4 is 5.32 Å². The van der Waals surface area contributed by atoms with Crippen LogP contribution in [-0.4, -0.2) is 53.1 Å². The number of amides is 1. The van der Waals surface area contributed by atoms with Crippen LogP contribution in [0.5, 0.6) is 0 Å². The zero-order valence-electron chi connectivity index (χ0n) is 22.3. The van der Waals surface area contributed by atoms with Crippen LogP contribution in [0, 0.1) is 12.8 Å². The molecule has 2 atom stereocenters. The fourth-order valence-corrected chi connectivity index (χ4v) is 6.16. The van der Waals surface area contributed by atoms with Crippen LogP contribution >= 0.6 is 23.5 Å². The number of aryl methyl sites for hydroxylation is 1. The lowest BCUT2D eigenvalue weighted by Crippen LogP contribution is -2.41. The number of aliphatic carboxylic acids is 1. The lowest BCUT2D eigenvalue weighted by Gasteiger charge is -2.26. The SMILES string of the molecule is CSCC[C@H](NC(=O)c1ccc(CO[C@H](CSC)CC2CCCCC2)cc1-c1ccccc1C)C(=O)O. The van der Waals surface area contributed by atoms with Gasteiger partial charge in [-0.05, 0) is 78.3 Å². The average Bonchev–Trinajstić information content (AvgIpc) is 2.90. The minimum absolute atomic E-state index is 0.218. The van der Waals surface area contributed by atoms with Gasteiger partial charge in [0.1, 0.15) is 6.04 Å². The average molecular weight is 544 g/mol. The van der Waals surface area contributed by atoms with Crippen molar-refractivity contribution in [1.82, 2.24) is 5.32 Å². The number of thioether (sulfide) groups is 2. The molecule has 2 aromatic rings. The number of carboxylic acids is 1. The van der Waals surface area contributed by atoms with Crippen LogP contribution in [0.15, 0.2) is 42.5 Å². The third-order valence-electron chi connectivity index (χ3n) is 7.14. The normalized spacial score (nSPS) is 15.8. The fourth-order valence-electron chi connectivity index (χ4n) is 5.08. The molecule has 2 aromatic carbocycles. The monoisotopic (exact) mass is 543 g/mol. The molecule has 0 bridgehead atoms. The van der Waals surface area contributed by atoms with E-state index in [-0.39, 0.29) is 12.0 Å². The molecule has 3 rings (SSSR count). The summed E-state index contributed by atoms with van der Waals surface area (Å²) in [6, 6.07) is 12.8. The first kappa shape index (κ1) is 29.6. The van der Waals surface area contributed by atoms with Crippen molar-refractivity contribution in [3.05, 3.63) is 59.2 Å². The number of hydrogen-bond acceptors (Lipinski definition) is 5. The summed E-state index contributed by atoms with van der Waals surface area (Å²) in [7, 11) is 0. The molecule has 0 saturated heterocycles. The van der Waals surface area contributed by atoms with E-state index < -0.39 is 12.0 Å². The van der Waals surface area contributed by atoms with Gasteiger partial charge in [-0.2, -0.15) is 23.5 Å². The lowest BCUT2D eigenvalue weighted by atomic mass is 9.85. The molecule has 0 aromatic heterocycles. The van der Waals surface area contributed by atoms with E-state index in [0.29, 0.717) is 24.3 Å². The minimum atomic E-state index is -1.01. The first-order valence-corrected chi connectivity index (χ1v) is 16.0. The summed E-state index contributed by atoms with van der Waals surface area (Å²) in [5.74, 6) is 1.03. The first-order valence-electron chi connectivity index (χ1n) is 13.2. The standard InChI is InChI=1S/C30H41NO4S2/c1-21-9-7-8-12-25(21)27-18-23(19-35-24(20-37-3)17-22-10-5-4-6-11-22)13-14-26(27)29(32)31-28(30(33)34)15-16-36-2/h7-9,12-14,18,22,24,28H,4-6,10-11,15-17,19-20H2,1-3H3,(H,31,32)(H,33,34)/t24-,28-/m0/s1. The second-order valence-corrected chi connectivity index (χ2v) is 11.9. The predicted molar refractivity (Wildman–Crippen MR) is 157 cm³/mol. The maximum atomic E-state index is 13.3. The number of ether oxygens (including phenoxy) is 1. The Bertz CT molecular complexity index is 1020. The van der Waals surface area contributed by atoms with Crippen LogP contribution in [0.3, 0.4) is 0 Å². The Morgan fingerprint density at radius 2 is 1.81 bits per heavy atom. The van der Waals surface area contributed by atoms with Gasteiger partial charge >= 0.3 is 5.97 Å². The van der Waals surface area contributed by atoms with Crippen LogP contribution in [0.4, 0.5) is 0 Å². The second kappa shape index (κ2) is 15.5. The zero-order valence-corrected chi connectivity index (χ0v) is 24.0. The van der Waals surface area contributed by atoms with E-state index >= 15 is 0 Å². The quantitative estimate of drug-likeness (QED) is 0.272. The molecule has 202 valence electrons. The molecule has 7 heteroatoms. The van der Waals surface area contributed by atoms with Crippen molar-refractivity contribution in [3.8, 4) is 11.1 Å². The van der Waals surface area contributed by atoms with Gasteiger partial charge < -0.3 is 15.2 Å². The number of carboxylic acid groups (broad SMARTS) is 1. The van der Waals surface area contributed by atoms with E-state index in [2.05, 4.69) is 11.6 Å². The van der Waals surface area contributed by atoms with Gasteiger partial charge in [0.05, 0.1) is 12.7 Å². The van der Waals surface area contributed by atoms with E-state index in [1.165, 1.54) is 32.1 Å². The highest BCUT2D eigenvalue weighted by Gasteiger charge is 2.23. The van der Waals surface area contributed by atoms with Gasteiger partial charge in [0, 0.05) is 11.3 Å². The molecule has 1 aliphatic rings. The summed E-state index contributed by atoms with van der Waals surface area (Å²) in [6.45, 7) is 2.52. The second-order valence-electron chi connectivity index (χ2n) is 9.97. The van der Waals surface area contributed by atoms with Crippen LogP contribution in [0.1, 0.15) is 66.4 Å². The number of hydrogen-bond donors (Lipinski definition) is 2. The van der Waals surface area contributed by atoms with Crippen LogP contribution in [0.2, 0.25) is 0 Å². The molecule has 0 spiro atoms. The van der Waals surface area contributed by atoms with Crippen molar-refractivity contribution < 1.29 is 19.4 Å². The largest absolute Gasteiger partial charge is 0.480 e. The number of carbonyl (C=O) groups is 2. The van der Waals surface area contributed by atoms with Crippen LogP contribution in [0.25, 0.3) is 11.1 Å². The fraction of sp³-hybridized carbons (Fsp3) is 0.533. The molecule has 1 aliphatic carbocycles. The Balaban J connectivity index is 1.82. The van der Waals surface area contributed by atoms with Crippen molar-refractivity contribution in [1.29, 1.82) is 0 Å². The van der Waals surface area contributed by atoms with Gasteiger partial charge in [0.2, 0.25) is 0 Å². The highest BCUT2D eigenvalue weighted by atomic mass is 32.2. The molecular weight excluding hydrogens is 502 g/mol. The molecule has 5 nitrogen and oxygen atoms in total. The molecular formula is C30H41NO4S2. The van der Waals surface area contributed by atoms with E-state index in [9.17, 15) is 14.7 Å². The first-order chi connectivity index (χ1) is 17.9. The smallest absolute Gasteiger partial charge is 0.326 e. The third kappa shape index (κ3) is 9.08. The molecule has 2 N–H and O–H groups in total. The third-order valence-corrected chi connectivity index (χ3v) is 8.49. The van der Waals surface area contributed by atoms with Gasteiger partial charge in [-0.15, -0.1) is 0 Å². The number of carbonyl (C=O) groups excluding carboxylic acids is 1. The van der Waals surface area contributed by atoms with Crippen molar-refractivity contribution in [3.63, 3.8) is 0 Å². The Hall–Kier alpha value is -1.96. The van der Waals surface area contributed by atoms with Crippen molar-refractivity contribution in [2.75, 3.05) is 24.0 Å². The van der Waals surface area contributed by atoms with Gasteiger partial charge in [0.15, 0.2) is 0 Å². The summed E-state index contributed by atoms with van der Waals surface area (Å²) >= 11 is 3.39. The Morgan fingerprint density at radius 1 is 1.05 bits per heavy atom. The Labute approximate surface area is 230 Å². The van der Waals surface area contributed by atoms with Crippen LogP contribution in [-0.2, 0) is 16.1 Å². The molecule has 37 heavy (non-hydrogen) atoms. The molecule has 1 fully saturated rings. The molecule has 0 radical (unpaired) electrons. The zero-order chi connectivity index (χ0) is 26.6. The Morgan fingerprint density at radius 3 is 2.49 bits per heavy atom. The highest BCUT2D eigenvalue weighted by molar-refractivity contribution is 7.98. The van der Waals surface area contributed by atoms with Gasteiger partial charge in [-0.1, -0.05) is 62.4 Å². The summed E-state index contributed by atoms with van der Waals surface area (Å²) < 4.78 is 6.43.